The molecule has 7 nitrogen and oxygen atoms in total. The van der Waals surface area contributed by atoms with Crippen LogP contribution in [0.15, 0.2) is 84.9 Å². The first kappa shape index (κ1) is 23.0. The molecule has 1 fully saturated rings. The van der Waals surface area contributed by atoms with E-state index < -0.39 is 29.4 Å². The van der Waals surface area contributed by atoms with Crippen LogP contribution in [0.5, 0.6) is 5.75 Å². The second kappa shape index (κ2) is 9.79. The van der Waals surface area contributed by atoms with Crippen LogP contribution in [0.2, 0.25) is 0 Å². The predicted octanol–water partition coefficient (Wildman–Crippen LogP) is 3.45. The molecule has 1 heterocycles. The Hall–Kier alpha value is -4.13. The van der Waals surface area contributed by atoms with Crippen molar-refractivity contribution >= 4 is 17.8 Å². The molecule has 1 aliphatic rings. The van der Waals surface area contributed by atoms with Crippen molar-refractivity contribution in [2.45, 2.75) is 24.9 Å². The van der Waals surface area contributed by atoms with Gasteiger partial charge in [0.05, 0.1) is 13.2 Å². The summed E-state index contributed by atoms with van der Waals surface area (Å²) in [5.74, 6) is -0.243. The highest BCUT2D eigenvalue weighted by Crippen LogP contribution is 2.27. The van der Waals surface area contributed by atoms with E-state index in [-0.39, 0.29) is 13.0 Å². The Morgan fingerprint density at radius 3 is 2.09 bits per heavy atom. The lowest BCUT2D eigenvalue weighted by molar-refractivity contribution is -0.134. The number of ether oxygens (including phenoxy) is 1. The molecule has 0 aromatic heterocycles. The van der Waals surface area contributed by atoms with E-state index >= 15 is 0 Å². The van der Waals surface area contributed by atoms with Gasteiger partial charge in [-0.15, -0.1) is 0 Å². The number of rotatable bonds is 8. The molecule has 3 aromatic rings. The lowest BCUT2D eigenvalue weighted by atomic mass is 9.92. The number of hydrogen-bond donors (Lipinski definition) is 2. The number of benzene rings is 3. The molecule has 174 valence electrons. The number of nitrogens with zero attached hydrogens (tertiary/aromatic N) is 1. The van der Waals surface area contributed by atoms with Crippen LogP contribution in [0.1, 0.15) is 29.7 Å². The van der Waals surface area contributed by atoms with Crippen molar-refractivity contribution in [2.24, 2.45) is 0 Å². The summed E-state index contributed by atoms with van der Waals surface area (Å²) >= 11 is 0. The summed E-state index contributed by atoms with van der Waals surface area (Å²) in [6.07, 6.45) is 0.246. The highest BCUT2D eigenvalue weighted by Gasteiger charge is 2.48. The molecule has 7 heteroatoms. The molecule has 0 saturated carbocycles. The zero-order valence-corrected chi connectivity index (χ0v) is 19.2. The van der Waals surface area contributed by atoms with E-state index in [0.29, 0.717) is 5.75 Å². The maximum Gasteiger partial charge on any atom is 0.325 e. The molecular weight excluding hydrogens is 430 g/mol. The van der Waals surface area contributed by atoms with Gasteiger partial charge in [-0.1, -0.05) is 78.9 Å². The normalized spacial score (nSPS) is 17.6. The Morgan fingerprint density at radius 1 is 0.941 bits per heavy atom. The van der Waals surface area contributed by atoms with Crippen molar-refractivity contribution in [3.8, 4) is 5.75 Å². The molecule has 4 rings (SSSR count). The minimum atomic E-state index is -1.18. The third-order valence-electron chi connectivity index (χ3n) is 5.95. The van der Waals surface area contributed by atoms with Gasteiger partial charge in [-0.05, 0) is 29.7 Å². The fourth-order valence-electron chi connectivity index (χ4n) is 4.24. The first-order valence-electron chi connectivity index (χ1n) is 11.1. The second-order valence-electron chi connectivity index (χ2n) is 8.46. The maximum atomic E-state index is 13.2. The molecule has 34 heavy (non-hydrogen) atoms. The van der Waals surface area contributed by atoms with E-state index in [2.05, 4.69) is 10.6 Å². The Bertz CT molecular complexity index is 1140. The first-order chi connectivity index (χ1) is 16.4. The van der Waals surface area contributed by atoms with Gasteiger partial charge in [0.2, 0.25) is 5.91 Å². The fraction of sp³-hybridized carbons (Fsp3) is 0.222. The Kier molecular flexibility index (Phi) is 6.63. The van der Waals surface area contributed by atoms with Gasteiger partial charge in [-0.3, -0.25) is 14.5 Å². The lowest BCUT2D eigenvalue weighted by Crippen LogP contribution is -2.47. The molecule has 0 radical (unpaired) electrons. The van der Waals surface area contributed by atoms with Crippen LogP contribution in [0.4, 0.5) is 4.79 Å². The van der Waals surface area contributed by atoms with Crippen LogP contribution in [-0.2, 0) is 16.0 Å². The van der Waals surface area contributed by atoms with Gasteiger partial charge in [0, 0.05) is 6.42 Å². The van der Waals surface area contributed by atoms with Crippen molar-refractivity contribution < 1.29 is 19.1 Å². The average Bonchev–Trinajstić information content (AvgIpc) is 3.06. The summed E-state index contributed by atoms with van der Waals surface area (Å²) in [5, 5.41) is 5.73. The number of hydrogen-bond acceptors (Lipinski definition) is 4. The van der Waals surface area contributed by atoms with E-state index in [1.165, 1.54) is 0 Å². The molecule has 3 aromatic carbocycles. The van der Waals surface area contributed by atoms with Crippen molar-refractivity contribution in [1.29, 1.82) is 0 Å². The van der Waals surface area contributed by atoms with Gasteiger partial charge in [-0.25, -0.2) is 4.79 Å². The summed E-state index contributed by atoms with van der Waals surface area (Å²) in [4.78, 5) is 39.9. The van der Waals surface area contributed by atoms with Gasteiger partial charge in [-0.2, -0.15) is 0 Å². The number of amides is 4. The zero-order valence-electron chi connectivity index (χ0n) is 19.2. The number of urea groups is 1. The number of para-hydroxylation sites is 1. The van der Waals surface area contributed by atoms with Crippen LogP contribution in [-0.4, -0.2) is 41.9 Å². The molecule has 0 bridgehead atoms. The number of carbonyl (C=O) groups excluding carboxylic acids is 3. The molecule has 1 aliphatic heterocycles. The highest BCUT2D eigenvalue weighted by molar-refractivity contribution is 6.09. The standard InChI is InChI=1S/C27H27N3O4/c1-27(17-21-15-9-10-16-22(21)34-2)25(32)30(26(33)29-27)18-23(31)28-24(19-11-5-3-6-12-19)20-13-7-4-8-14-20/h3-16,24H,17-18H2,1-2H3,(H,28,31)(H,29,33). The first-order valence-corrected chi connectivity index (χ1v) is 11.1. The summed E-state index contributed by atoms with van der Waals surface area (Å²) in [7, 11) is 1.56. The van der Waals surface area contributed by atoms with Gasteiger partial charge < -0.3 is 15.4 Å². The SMILES string of the molecule is COc1ccccc1CC1(C)NC(=O)N(CC(=O)NC(c2ccccc2)c2ccccc2)C1=O. The molecule has 1 atom stereocenters. The van der Waals surface area contributed by atoms with Crippen LogP contribution in [0, 0.1) is 0 Å². The molecule has 1 saturated heterocycles. The Balaban J connectivity index is 1.50. The largest absolute Gasteiger partial charge is 0.496 e. The molecule has 2 N–H and O–H groups in total. The van der Waals surface area contributed by atoms with Crippen molar-refractivity contribution in [3.05, 3.63) is 102 Å². The summed E-state index contributed by atoms with van der Waals surface area (Å²) in [6.45, 7) is 1.29. The zero-order chi connectivity index (χ0) is 24.1. The van der Waals surface area contributed by atoms with Crippen molar-refractivity contribution in [3.63, 3.8) is 0 Å². The molecule has 0 spiro atoms. The van der Waals surface area contributed by atoms with Gasteiger partial charge in [0.25, 0.3) is 5.91 Å². The van der Waals surface area contributed by atoms with E-state index in [4.69, 9.17) is 4.74 Å². The summed E-state index contributed by atoms with van der Waals surface area (Å²) in [5.41, 5.74) is 1.42. The molecule has 1 unspecified atom stereocenters. The maximum absolute atomic E-state index is 13.2. The molecule has 4 amide bonds. The van der Waals surface area contributed by atoms with Crippen LogP contribution >= 0.6 is 0 Å². The number of nitrogens with one attached hydrogen (secondary N) is 2. The smallest absolute Gasteiger partial charge is 0.325 e. The minimum Gasteiger partial charge on any atom is -0.496 e. The second-order valence-corrected chi connectivity index (χ2v) is 8.46. The predicted molar refractivity (Wildman–Crippen MR) is 128 cm³/mol. The van der Waals surface area contributed by atoms with Crippen LogP contribution in [0.25, 0.3) is 0 Å². The van der Waals surface area contributed by atoms with Gasteiger partial charge in [0.15, 0.2) is 0 Å². The number of methoxy groups -OCH3 is 1. The Morgan fingerprint density at radius 2 is 1.50 bits per heavy atom. The van der Waals surface area contributed by atoms with Crippen LogP contribution < -0.4 is 15.4 Å². The lowest BCUT2D eigenvalue weighted by Gasteiger charge is -2.23. The monoisotopic (exact) mass is 457 g/mol. The minimum absolute atomic E-state index is 0.246. The number of carbonyl (C=O) groups is 3. The molecule has 0 aliphatic carbocycles. The third kappa shape index (κ3) is 4.78. The van der Waals surface area contributed by atoms with E-state index in [1.54, 1.807) is 20.1 Å². The topological polar surface area (TPSA) is 87.7 Å². The van der Waals surface area contributed by atoms with Gasteiger partial charge >= 0.3 is 6.03 Å². The molecular formula is C27H27N3O4. The van der Waals surface area contributed by atoms with E-state index in [0.717, 1.165) is 21.6 Å². The Labute approximate surface area is 198 Å². The van der Waals surface area contributed by atoms with E-state index in [1.807, 2.05) is 78.9 Å². The van der Waals surface area contributed by atoms with Crippen molar-refractivity contribution in [1.82, 2.24) is 15.5 Å². The van der Waals surface area contributed by atoms with Gasteiger partial charge in [0.1, 0.15) is 17.8 Å². The fourth-order valence-corrected chi connectivity index (χ4v) is 4.24. The highest BCUT2D eigenvalue weighted by atomic mass is 16.5. The third-order valence-corrected chi connectivity index (χ3v) is 5.95. The summed E-state index contributed by atoms with van der Waals surface area (Å²) in [6, 6.07) is 25.5. The number of imide groups is 1. The quantitative estimate of drug-likeness (QED) is 0.507. The summed E-state index contributed by atoms with van der Waals surface area (Å²) < 4.78 is 5.38. The average molecular weight is 458 g/mol. The van der Waals surface area contributed by atoms with Crippen LogP contribution in [0.3, 0.4) is 0 Å². The van der Waals surface area contributed by atoms with E-state index in [9.17, 15) is 14.4 Å². The van der Waals surface area contributed by atoms with Crippen molar-refractivity contribution in [2.75, 3.05) is 13.7 Å².